The third kappa shape index (κ3) is 1.10. The van der Waals surface area contributed by atoms with Gasteiger partial charge in [0.15, 0.2) is 0 Å². The van der Waals surface area contributed by atoms with Gasteiger partial charge in [-0.2, -0.15) is 0 Å². The Labute approximate surface area is 67.4 Å². The molecule has 0 unspecified atom stereocenters. The van der Waals surface area contributed by atoms with Gasteiger partial charge < -0.3 is 5.11 Å². The van der Waals surface area contributed by atoms with Crippen molar-refractivity contribution in [3.05, 3.63) is 23.3 Å². The van der Waals surface area contributed by atoms with Gasteiger partial charge >= 0.3 is 0 Å². The van der Waals surface area contributed by atoms with Gasteiger partial charge in [0.2, 0.25) is 0 Å². The zero-order chi connectivity index (χ0) is 7.68. The van der Waals surface area contributed by atoms with E-state index in [1.807, 2.05) is 6.07 Å². The summed E-state index contributed by atoms with van der Waals surface area (Å²) in [5.41, 5.74) is 3.42. The monoisotopic (exact) mass is 166 g/mol. The molecule has 0 aliphatic carbocycles. The first-order valence-electron chi connectivity index (χ1n) is 3.19. The molecule has 0 aliphatic heterocycles. The fraction of sp³-hybridized carbons (Fsp3) is 0.143. The Balaban J connectivity index is 2.67. The van der Waals surface area contributed by atoms with Crippen molar-refractivity contribution < 1.29 is 5.11 Å². The molecule has 0 aliphatic rings. The number of nitrogens with zero attached hydrogens (tertiary/aromatic N) is 2. The molecule has 0 amide bonds. The summed E-state index contributed by atoms with van der Waals surface area (Å²) >= 11 is 1.50. The number of thiazole rings is 1. The number of rotatable bonds is 1. The topological polar surface area (TPSA) is 46.0 Å². The maximum atomic E-state index is 8.77. The van der Waals surface area contributed by atoms with Crippen LogP contribution in [-0.4, -0.2) is 15.1 Å². The predicted molar refractivity (Wildman–Crippen MR) is 43.3 cm³/mol. The van der Waals surface area contributed by atoms with E-state index >= 15 is 0 Å². The standard InChI is InChI=1S/C7H6N2OS/c10-3-5-1-6-7(8-2-5)11-4-9-6/h1-2,4,10H,3H2. The molecule has 0 aromatic carbocycles. The van der Waals surface area contributed by atoms with Crippen molar-refractivity contribution in [2.24, 2.45) is 0 Å². The number of hydrogen-bond acceptors (Lipinski definition) is 4. The van der Waals surface area contributed by atoms with Gasteiger partial charge in [-0.05, 0) is 11.6 Å². The van der Waals surface area contributed by atoms with E-state index in [2.05, 4.69) is 9.97 Å². The molecule has 0 spiro atoms. The molecule has 0 saturated heterocycles. The first-order valence-corrected chi connectivity index (χ1v) is 4.07. The molecule has 11 heavy (non-hydrogen) atoms. The minimum Gasteiger partial charge on any atom is -0.392 e. The lowest BCUT2D eigenvalue weighted by molar-refractivity contribution is 0.281. The zero-order valence-electron chi connectivity index (χ0n) is 5.69. The van der Waals surface area contributed by atoms with Crippen LogP contribution in [0.5, 0.6) is 0 Å². The molecule has 2 rings (SSSR count). The van der Waals surface area contributed by atoms with Gasteiger partial charge in [0.1, 0.15) is 10.3 Å². The molecule has 56 valence electrons. The summed E-state index contributed by atoms with van der Waals surface area (Å²) in [5, 5.41) is 8.77. The molecule has 4 heteroatoms. The second kappa shape index (κ2) is 2.56. The van der Waals surface area contributed by atoms with Gasteiger partial charge in [-0.15, -0.1) is 11.3 Å². The number of hydrogen-bond donors (Lipinski definition) is 1. The average Bonchev–Trinajstić information content (AvgIpc) is 2.50. The molecular formula is C7H6N2OS. The van der Waals surface area contributed by atoms with E-state index in [9.17, 15) is 0 Å². The summed E-state index contributed by atoms with van der Waals surface area (Å²) in [5.74, 6) is 0. The smallest absolute Gasteiger partial charge is 0.143 e. The molecule has 0 saturated carbocycles. The van der Waals surface area contributed by atoms with Crippen molar-refractivity contribution in [2.45, 2.75) is 6.61 Å². The van der Waals surface area contributed by atoms with Gasteiger partial charge in [0.25, 0.3) is 0 Å². The van der Waals surface area contributed by atoms with Crippen molar-refractivity contribution in [2.75, 3.05) is 0 Å². The van der Waals surface area contributed by atoms with Crippen LogP contribution in [-0.2, 0) is 6.61 Å². The molecule has 1 N–H and O–H groups in total. The SMILES string of the molecule is OCc1cnc2scnc2c1. The third-order valence-electron chi connectivity index (χ3n) is 1.43. The normalized spacial score (nSPS) is 10.6. The maximum Gasteiger partial charge on any atom is 0.143 e. The van der Waals surface area contributed by atoms with Gasteiger partial charge in [0, 0.05) is 6.20 Å². The number of aliphatic hydroxyl groups is 1. The van der Waals surface area contributed by atoms with Crippen LogP contribution < -0.4 is 0 Å². The van der Waals surface area contributed by atoms with Gasteiger partial charge in [-0.25, -0.2) is 9.97 Å². The van der Waals surface area contributed by atoms with Gasteiger partial charge in [-0.1, -0.05) is 0 Å². The highest BCUT2D eigenvalue weighted by molar-refractivity contribution is 7.16. The van der Waals surface area contributed by atoms with Crippen LogP contribution in [0.15, 0.2) is 17.8 Å². The van der Waals surface area contributed by atoms with Crippen LogP contribution in [0.4, 0.5) is 0 Å². The van der Waals surface area contributed by atoms with Gasteiger partial charge in [-0.3, -0.25) is 0 Å². The maximum absolute atomic E-state index is 8.77. The van der Waals surface area contributed by atoms with E-state index < -0.39 is 0 Å². The van der Waals surface area contributed by atoms with E-state index in [-0.39, 0.29) is 6.61 Å². The van der Waals surface area contributed by atoms with Crippen molar-refractivity contribution in [1.29, 1.82) is 0 Å². The summed E-state index contributed by atoms with van der Waals surface area (Å²) in [6.07, 6.45) is 1.67. The molecule has 2 aromatic heterocycles. The number of pyridine rings is 1. The highest BCUT2D eigenvalue weighted by Crippen LogP contribution is 2.15. The summed E-state index contributed by atoms with van der Waals surface area (Å²) in [6, 6.07) is 1.85. The Morgan fingerprint density at radius 3 is 3.18 bits per heavy atom. The molecule has 2 aromatic rings. The number of fused-ring (bicyclic) bond motifs is 1. The Morgan fingerprint density at radius 2 is 2.36 bits per heavy atom. The molecule has 0 radical (unpaired) electrons. The Morgan fingerprint density at radius 1 is 1.45 bits per heavy atom. The van der Waals surface area contributed by atoms with Crippen molar-refractivity contribution in [3.63, 3.8) is 0 Å². The predicted octanol–water partition coefficient (Wildman–Crippen LogP) is 1.18. The van der Waals surface area contributed by atoms with Crippen LogP contribution in [0.25, 0.3) is 10.3 Å². The van der Waals surface area contributed by atoms with Crippen LogP contribution in [0.3, 0.4) is 0 Å². The van der Waals surface area contributed by atoms with Crippen LogP contribution in [0.1, 0.15) is 5.56 Å². The lowest BCUT2D eigenvalue weighted by Gasteiger charge is -1.92. The minimum absolute atomic E-state index is 0.0282. The summed E-state index contributed by atoms with van der Waals surface area (Å²) < 4.78 is 0. The third-order valence-corrected chi connectivity index (χ3v) is 2.18. The largest absolute Gasteiger partial charge is 0.392 e. The minimum atomic E-state index is 0.0282. The lowest BCUT2D eigenvalue weighted by atomic mass is 10.3. The Hall–Kier alpha value is -1.00. The highest BCUT2D eigenvalue weighted by Gasteiger charge is 1.97. The van der Waals surface area contributed by atoms with E-state index in [0.29, 0.717) is 0 Å². The average molecular weight is 166 g/mol. The second-order valence-corrected chi connectivity index (χ2v) is 3.01. The first kappa shape index (κ1) is 6.69. The van der Waals surface area contributed by atoms with Crippen molar-refractivity contribution in [3.8, 4) is 0 Å². The molecule has 2 heterocycles. The Bertz CT molecular complexity index is 371. The molecule has 3 nitrogen and oxygen atoms in total. The summed E-state index contributed by atoms with van der Waals surface area (Å²) in [4.78, 5) is 9.10. The van der Waals surface area contributed by atoms with Crippen molar-refractivity contribution in [1.82, 2.24) is 9.97 Å². The lowest BCUT2D eigenvalue weighted by Crippen LogP contribution is -1.83. The first-order chi connectivity index (χ1) is 5.40. The number of aromatic nitrogens is 2. The number of aliphatic hydroxyl groups excluding tert-OH is 1. The van der Waals surface area contributed by atoms with Gasteiger partial charge in [0.05, 0.1) is 12.1 Å². The quantitative estimate of drug-likeness (QED) is 0.692. The van der Waals surface area contributed by atoms with Crippen LogP contribution in [0.2, 0.25) is 0 Å². The zero-order valence-corrected chi connectivity index (χ0v) is 6.51. The van der Waals surface area contributed by atoms with E-state index in [4.69, 9.17) is 5.11 Å². The van der Waals surface area contributed by atoms with Crippen molar-refractivity contribution >= 4 is 21.7 Å². The summed E-state index contributed by atoms with van der Waals surface area (Å²) in [7, 11) is 0. The molecular weight excluding hydrogens is 160 g/mol. The fourth-order valence-electron chi connectivity index (χ4n) is 0.885. The Kier molecular flexibility index (Phi) is 1.56. The fourth-order valence-corrected chi connectivity index (χ4v) is 1.50. The highest BCUT2D eigenvalue weighted by atomic mass is 32.1. The molecule has 0 atom stereocenters. The summed E-state index contributed by atoms with van der Waals surface area (Å²) in [6.45, 7) is 0.0282. The van der Waals surface area contributed by atoms with E-state index in [1.54, 1.807) is 11.7 Å². The van der Waals surface area contributed by atoms with E-state index in [1.165, 1.54) is 11.3 Å². The van der Waals surface area contributed by atoms with Crippen LogP contribution >= 0.6 is 11.3 Å². The molecule has 0 bridgehead atoms. The van der Waals surface area contributed by atoms with E-state index in [0.717, 1.165) is 15.9 Å². The van der Waals surface area contributed by atoms with Crippen LogP contribution in [0, 0.1) is 0 Å². The molecule has 0 fully saturated rings. The second-order valence-electron chi connectivity index (χ2n) is 2.18.